The van der Waals surface area contributed by atoms with Crippen LogP contribution in [0.15, 0.2) is 22.8 Å². The summed E-state index contributed by atoms with van der Waals surface area (Å²) < 4.78 is 1.01. The number of carbonyl (C=O) groups excluding carboxylic acids is 1. The molecule has 1 aliphatic carbocycles. The van der Waals surface area contributed by atoms with E-state index in [2.05, 4.69) is 36.8 Å². The Morgan fingerprint density at radius 3 is 2.52 bits per heavy atom. The van der Waals surface area contributed by atoms with Gasteiger partial charge in [-0.25, -0.2) is 0 Å². The van der Waals surface area contributed by atoms with Crippen molar-refractivity contribution in [1.29, 1.82) is 0 Å². The minimum atomic E-state index is 0.373. The zero-order valence-corrected chi connectivity index (χ0v) is 15.3. The summed E-state index contributed by atoms with van der Waals surface area (Å²) in [6, 6.07) is 4.09. The molecule has 0 N–H and O–H groups in total. The van der Waals surface area contributed by atoms with Gasteiger partial charge in [0.15, 0.2) is 0 Å². The first-order valence-electron chi connectivity index (χ1n) is 8.81. The summed E-state index contributed by atoms with van der Waals surface area (Å²) in [5.74, 6) is 1.01. The lowest BCUT2D eigenvalue weighted by molar-refractivity contribution is -0.134. The first kappa shape index (κ1) is 16.9. The van der Waals surface area contributed by atoms with E-state index in [1.165, 1.54) is 32.1 Å². The number of rotatable bonds is 4. The standard InChI is InChI=1S/C18H26BrN3O/c19-16-6-7-17(20-13-16)14-21-8-10-22(11-9-21)18(23)12-15-4-2-1-3-5-15/h6-7,13,15H,1-5,8-12,14H2. The molecule has 0 aromatic carbocycles. The molecule has 0 atom stereocenters. The van der Waals surface area contributed by atoms with Crippen molar-refractivity contribution in [1.82, 2.24) is 14.8 Å². The van der Waals surface area contributed by atoms with Crippen molar-refractivity contribution < 1.29 is 4.79 Å². The molecule has 0 spiro atoms. The van der Waals surface area contributed by atoms with E-state index < -0.39 is 0 Å². The second-order valence-electron chi connectivity index (χ2n) is 6.83. The molecule has 1 saturated heterocycles. The third kappa shape index (κ3) is 5.01. The van der Waals surface area contributed by atoms with E-state index in [4.69, 9.17) is 0 Å². The van der Waals surface area contributed by atoms with Gasteiger partial charge in [-0.1, -0.05) is 19.3 Å². The van der Waals surface area contributed by atoms with Gasteiger partial charge in [0.2, 0.25) is 5.91 Å². The van der Waals surface area contributed by atoms with Crippen molar-refractivity contribution in [3.8, 4) is 0 Å². The molecule has 3 rings (SSSR count). The highest BCUT2D eigenvalue weighted by Gasteiger charge is 2.24. The number of pyridine rings is 1. The number of hydrogen-bond donors (Lipinski definition) is 0. The first-order valence-corrected chi connectivity index (χ1v) is 9.60. The zero-order chi connectivity index (χ0) is 16.1. The second-order valence-corrected chi connectivity index (χ2v) is 7.75. The van der Waals surface area contributed by atoms with Crippen molar-refractivity contribution >= 4 is 21.8 Å². The topological polar surface area (TPSA) is 36.4 Å². The summed E-state index contributed by atoms with van der Waals surface area (Å²) in [5, 5.41) is 0. The molecule has 126 valence electrons. The summed E-state index contributed by atoms with van der Waals surface area (Å²) in [6.45, 7) is 4.50. The number of aromatic nitrogens is 1. The molecular weight excluding hydrogens is 354 g/mol. The zero-order valence-electron chi connectivity index (χ0n) is 13.7. The van der Waals surface area contributed by atoms with E-state index in [0.29, 0.717) is 11.8 Å². The molecule has 23 heavy (non-hydrogen) atoms. The van der Waals surface area contributed by atoms with E-state index in [0.717, 1.165) is 49.3 Å². The van der Waals surface area contributed by atoms with Crippen molar-refractivity contribution in [3.05, 3.63) is 28.5 Å². The predicted octanol–water partition coefficient (Wildman–Crippen LogP) is 3.46. The molecule has 5 heteroatoms. The van der Waals surface area contributed by atoms with Gasteiger partial charge in [-0.2, -0.15) is 0 Å². The molecule has 0 unspecified atom stereocenters. The minimum Gasteiger partial charge on any atom is -0.340 e. The quantitative estimate of drug-likeness (QED) is 0.803. The highest BCUT2D eigenvalue weighted by atomic mass is 79.9. The van der Waals surface area contributed by atoms with Crippen LogP contribution in [-0.2, 0) is 11.3 Å². The molecule has 1 aromatic heterocycles. The van der Waals surface area contributed by atoms with Crippen LogP contribution in [0.2, 0.25) is 0 Å². The lowest BCUT2D eigenvalue weighted by Gasteiger charge is -2.35. The predicted molar refractivity (Wildman–Crippen MR) is 95.0 cm³/mol. The Labute approximate surface area is 147 Å². The van der Waals surface area contributed by atoms with Gasteiger partial charge in [0, 0.05) is 49.8 Å². The van der Waals surface area contributed by atoms with Crippen molar-refractivity contribution in [2.75, 3.05) is 26.2 Å². The molecule has 1 amide bonds. The van der Waals surface area contributed by atoms with Crippen molar-refractivity contribution in [3.63, 3.8) is 0 Å². The van der Waals surface area contributed by atoms with Gasteiger partial charge in [0.1, 0.15) is 0 Å². The van der Waals surface area contributed by atoms with Gasteiger partial charge in [0.05, 0.1) is 5.69 Å². The summed E-state index contributed by atoms with van der Waals surface area (Å²) in [6.07, 6.45) is 9.10. The number of nitrogens with zero attached hydrogens (tertiary/aromatic N) is 3. The summed E-state index contributed by atoms with van der Waals surface area (Å²) in [4.78, 5) is 21.4. The smallest absolute Gasteiger partial charge is 0.222 e. The van der Waals surface area contributed by atoms with E-state index >= 15 is 0 Å². The summed E-state index contributed by atoms with van der Waals surface area (Å²) in [5.41, 5.74) is 1.09. The third-order valence-corrected chi connectivity index (χ3v) is 5.56. The molecule has 1 aromatic rings. The summed E-state index contributed by atoms with van der Waals surface area (Å²) >= 11 is 3.41. The van der Waals surface area contributed by atoms with Crippen molar-refractivity contribution in [2.45, 2.75) is 45.1 Å². The highest BCUT2D eigenvalue weighted by Crippen LogP contribution is 2.27. The molecule has 4 nitrogen and oxygen atoms in total. The largest absolute Gasteiger partial charge is 0.340 e. The van der Waals surface area contributed by atoms with E-state index in [1.807, 2.05) is 12.3 Å². The fraction of sp³-hybridized carbons (Fsp3) is 0.667. The Morgan fingerprint density at radius 2 is 1.87 bits per heavy atom. The van der Waals surface area contributed by atoms with E-state index in [1.54, 1.807) is 0 Å². The van der Waals surface area contributed by atoms with Crippen LogP contribution in [0.4, 0.5) is 0 Å². The van der Waals surface area contributed by atoms with Gasteiger partial charge >= 0.3 is 0 Å². The van der Waals surface area contributed by atoms with Gasteiger partial charge < -0.3 is 4.90 Å². The molecule has 2 fully saturated rings. The Morgan fingerprint density at radius 1 is 1.13 bits per heavy atom. The van der Waals surface area contributed by atoms with Crippen LogP contribution in [0, 0.1) is 5.92 Å². The molecule has 1 saturated carbocycles. The number of amides is 1. The molecular formula is C18H26BrN3O. The van der Waals surface area contributed by atoms with Crippen LogP contribution in [-0.4, -0.2) is 46.9 Å². The molecule has 0 radical (unpaired) electrons. The van der Waals surface area contributed by atoms with Crippen LogP contribution in [0.5, 0.6) is 0 Å². The molecule has 2 aliphatic rings. The lowest BCUT2D eigenvalue weighted by atomic mass is 9.86. The summed E-state index contributed by atoms with van der Waals surface area (Å²) in [7, 11) is 0. The third-order valence-electron chi connectivity index (χ3n) is 5.09. The number of piperazine rings is 1. The monoisotopic (exact) mass is 379 g/mol. The minimum absolute atomic E-state index is 0.373. The van der Waals surface area contributed by atoms with Crippen LogP contribution >= 0.6 is 15.9 Å². The van der Waals surface area contributed by atoms with E-state index in [-0.39, 0.29) is 0 Å². The lowest BCUT2D eigenvalue weighted by Crippen LogP contribution is -2.48. The van der Waals surface area contributed by atoms with Gasteiger partial charge in [-0.05, 0) is 46.8 Å². The van der Waals surface area contributed by atoms with Gasteiger partial charge in [-0.15, -0.1) is 0 Å². The average Bonchev–Trinajstić information content (AvgIpc) is 2.58. The van der Waals surface area contributed by atoms with Crippen LogP contribution in [0.1, 0.15) is 44.2 Å². The number of halogens is 1. The number of hydrogen-bond acceptors (Lipinski definition) is 3. The van der Waals surface area contributed by atoms with Crippen LogP contribution < -0.4 is 0 Å². The highest BCUT2D eigenvalue weighted by molar-refractivity contribution is 9.10. The molecule has 2 heterocycles. The molecule has 0 bridgehead atoms. The van der Waals surface area contributed by atoms with Gasteiger partial charge in [-0.3, -0.25) is 14.7 Å². The van der Waals surface area contributed by atoms with Crippen molar-refractivity contribution in [2.24, 2.45) is 5.92 Å². The fourth-order valence-electron chi connectivity index (χ4n) is 3.65. The Kier molecular flexibility index (Phi) is 6.06. The normalized spacial score (nSPS) is 20.7. The van der Waals surface area contributed by atoms with Crippen LogP contribution in [0.3, 0.4) is 0 Å². The fourth-order valence-corrected chi connectivity index (χ4v) is 3.89. The number of carbonyl (C=O) groups is 1. The SMILES string of the molecule is O=C(CC1CCCCC1)N1CCN(Cc2ccc(Br)cn2)CC1. The first-order chi connectivity index (χ1) is 11.2. The maximum absolute atomic E-state index is 12.5. The molecule has 1 aliphatic heterocycles. The van der Waals surface area contributed by atoms with E-state index in [9.17, 15) is 4.79 Å². The Hall–Kier alpha value is -0.940. The maximum Gasteiger partial charge on any atom is 0.222 e. The Bertz CT molecular complexity index is 506. The Balaban J connectivity index is 1.42. The van der Waals surface area contributed by atoms with Crippen LogP contribution in [0.25, 0.3) is 0 Å². The van der Waals surface area contributed by atoms with Gasteiger partial charge in [0.25, 0.3) is 0 Å². The maximum atomic E-state index is 12.5. The second kappa shape index (κ2) is 8.25. The average molecular weight is 380 g/mol.